The molecule has 388 valence electrons. The van der Waals surface area contributed by atoms with Gasteiger partial charge >= 0.3 is 0 Å². The lowest BCUT2D eigenvalue weighted by Gasteiger charge is -2.34. The molecule has 18 heteroatoms. The van der Waals surface area contributed by atoms with Crippen LogP contribution < -0.4 is 44.5 Å². The summed E-state index contributed by atoms with van der Waals surface area (Å²) in [7, 11) is 3.25. The Morgan fingerprint density at radius 2 is 1.25 bits per heavy atom. The van der Waals surface area contributed by atoms with Crippen LogP contribution in [-0.2, 0) is 45.2 Å². The van der Waals surface area contributed by atoms with Crippen molar-refractivity contribution in [3.63, 3.8) is 0 Å². The molecule has 14 N–H and O–H groups in total. The molecular weight excluding hydrogens is 865 g/mol. The number of nitrogens with zero attached hydrogens (tertiary/aromatic N) is 5. The van der Waals surface area contributed by atoms with E-state index in [1.807, 2.05) is 40.6 Å². The number of nitrogens with one attached hydrogen (secondary N) is 1. The molecule has 68 heavy (non-hydrogen) atoms. The van der Waals surface area contributed by atoms with Crippen molar-refractivity contribution < 1.29 is 29.0 Å². The van der Waals surface area contributed by atoms with Crippen molar-refractivity contribution in [1.29, 1.82) is 0 Å². The van der Waals surface area contributed by atoms with Gasteiger partial charge in [-0.2, -0.15) is 4.98 Å². The highest BCUT2D eigenvalue weighted by molar-refractivity contribution is 5.87. The molecule has 0 aliphatic carbocycles. The second kappa shape index (κ2) is 50.5. The van der Waals surface area contributed by atoms with Gasteiger partial charge in [0.25, 0.3) is 6.47 Å². The summed E-state index contributed by atoms with van der Waals surface area (Å²) >= 11 is 0. The molecule has 0 spiro atoms. The molecule has 18 nitrogen and oxygen atoms in total. The fourth-order valence-electron chi connectivity index (χ4n) is 6.07. The normalized spacial score (nSPS) is 11.4. The third kappa shape index (κ3) is 31.9. The quantitative estimate of drug-likeness (QED) is 0.0362. The van der Waals surface area contributed by atoms with Crippen molar-refractivity contribution in [2.24, 2.45) is 34.6 Å². The van der Waals surface area contributed by atoms with Gasteiger partial charge in [0.05, 0.1) is 19.2 Å². The summed E-state index contributed by atoms with van der Waals surface area (Å²) in [5, 5.41) is 10.4. The Morgan fingerprint density at radius 1 is 0.794 bits per heavy atom. The third-order valence-corrected chi connectivity index (χ3v) is 9.31. The second-order valence-corrected chi connectivity index (χ2v) is 14.0. The number of carboxylic acid groups (broad SMARTS) is 1. The molecule has 1 saturated heterocycles. The van der Waals surface area contributed by atoms with E-state index in [0.29, 0.717) is 12.5 Å². The minimum atomic E-state index is -0.250. The molecule has 1 aliphatic rings. The fourth-order valence-corrected chi connectivity index (χ4v) is 6.07. The maximum atomic E-state index is 8.58. The first-order valence-electron chi connectivity index (χ1n) is 23.2. The van der Waals surface area contributed by atoms with Gasteiger partial charge in [0.2, 0.25) is 18.8 Å². The van der Waals surface area contributed by atoms with Crippen LogP contribution in [0, 0.1) is 5.92 Å². The number of nitrogen functional groups attached to an aromatic ring is 1. The molecule has 1 aliphatic heterocycles. The zero-order valence-corrected chi connectivity index (χ0v) is 43.3. The van der Waals surface area contributed by atoms with Crippen LogP contribution in [0.3, 0.4) is 0 Å². The number of aromatic nitrogens is 3. The van der Waals surface area contributed by atoms with Crippen LogP contribution in [-0.4, -0.2) is 115 Å². The van der Waals surface area contributed by atoms with Gasteiger partial charge in [0, 0.05) is 63.6 Å². The number of primary amides is 2. The number of hydrogen-bond acceptors (Lipinski definition) is 14. The Balaban J connectivity index is -0.000000493. The number of ether oxygens (including phenoxy) is 1. The maximum absolute atomic E-state index is 8.58. The standard InChI is InChI=1S/C36H52N8O.C3H9N.2C2H6.C2H4.2CH3NO.CH5N.CH2O2.CH2O/c1-5-6-7-15-39-35-34-32(40-36(38)41-35)14-16-44(34)25-30-13-12-29(22-33(30)45-4)24-43-19-17-42(18-20-43)23-28-10-8-27(9-11-28)21-31(37)26(2)3;1-2-3-4;3*1-2;2*2-1-3;1-2;2-1-3;1-2/h8-14,16,22,26,31H,5-7,15,17-21,23-25,37H2,1-4H3,(H3,38,39,40,41);2-4H2,1H3;2*1-2H3;1-2H2;2*1H,(H2,2,3);2H2,1H3;1H,(H,2,3);1H2. The molecule has 0 saturated carbocycles. The van der Waals surface area contributed by atoms with Gasteiger partial charge in [0.15, 0.2) is 5.82 Å². The number of carbonyl (C=O) groups excluding carboxylic acids is 3. The average Bonchev–Trinajstić information content (AvgIpc) is 3.77. The summed E-state index contributed by atoms with van der Waals surface area (Å²) in [6.07, 6.45) is 8.04. The Labute approximate surface area is 409 Å². The van der Waals surface area contributed by atoms with E-state index in [9.17, 15) is 0 Å². The van der Waals surface area contributed by atoms with E-state index in [-0.39, 0.29) is 31.3 Å². The van der Waals surface area contributed by atoms with Gasteiger partial charge < -0.3 is 58.9 Å². The maximum Gasteiger partial charge on any atom is 0.290 e. The first-order valence-corrected chi connectivity index (χ1v) is 23.2. The molecule has 0 bridgehead atoms. The van der Waals surface area contributed by atoms with Gasteiger partial charge in [-0.05, 0) is 67.6 Å². The third-order valence-electron chi connectivity index (χ3n) is 9.31. The molecule has 0 radical (unpaired) electrons. The van der Waals surface area contributed by atoms with E-state index in [1.165, 1.54) is 36.6 Å². The number of carbonyl (C=O) groups is 4. The fraction of sp³-hybridized carbons (Fsp3) is 0.520. The second-order valence-electron chi connectivity index (χ2n) is 14.0. The number of amides is 2. The van der Waals surface area contributed by atoms with E-state index in [4.69, 9.17) is 46.2 Å². The van der Waals surface area contributed by atoms with Crippen molar-refractivity contribution in [3.05, 3.63) is 90.1 Å². The van der Waals surface area contributed by atoms with Crippen LogP contribution in [0.1, 0.15) is 103 Å². The lowest BCUT2D eigenvalue weighted by atomic mass is 9.97. The first kappa shape index (κ1) is 71.1. The largest absolute Gasteiger partial charge is 0.496 e. The molecule has 3 heterocycles. The SMILES string of the molecule is C=C.C=O.CC.CC.CCCCCNc1nc(N)nc2ccn(Cc3ccc(CN4CCN(Cc5ccc(CC(N)C(C)C)cc5)CC4)cc3OC)c12.CCCN.CN.NC=O.NC=O.O=CO. The van der Waals surface area contributed by atoms with Crippen LogP contribution in [0.2, 0.25) is 0 Å². The number of unbranched alkanes of at least 4 members (excludes halogenated alkanes) is 2. The smallest absolute Gasteiger partial charge is 0.290 e. The minimum absolute atomic E-state index is 0.214. The molecule has 4 aromatic rings. The van der Waals surface area contributed by atoms with Crippen molar-refractivity contribution in [1.82, 2.24) is 24.3 Å². The number of benzene rings is 2. The van der Waals surface area contributed by atoms with Gasteiger partial charge in [-0.15, -0.1) is 13.2 Å². The van der Waals surface area contributed by atoms with Crippen molar-refractivity contribution in [2.45, 2.75) is 113 Å². The van der Waals surface area contributed by atoms with Crippen molar-refractivity contribution in [2.75, 3.05) is 64.5 Å². The van der Waals surface area contributed by atoms with Crippen molar-refractivity contribution in [3.8, 4) is 5.75 Å². The van der Waals surface area contributed by atoms with E-state index in [2.05, 4.69) is 136 Å². The van der Waals surface area contributed by atoms with Gasteiger partial charge in [0.1, 0.15) is 18.1 Å². The molecule has 1 fully saturated rings. The number of piperazine rings is 1. The summed E-state index contributed by atoms with van der Waals surface area (Å²) < 4.78 is 8.07. The number of nitrogens with two attached hydrogens (primary N) is 6. The summed E-state index contributed by atoms with van der Waals surface area (Å²) in [5.74, 6) is 2.48. The van der Waals surface area contributed by atoms with E-state index >= 15 is 0 Å². The summed E-state index contributed by atoms with van der Waals surface area (Å²) in [6, 6.07) is 17.9. The van der Waals surface area contributed by atoms with Gasteiger partial charge in [-0.25, -0.2) is 4.98 Å². The Kier molecular flexibility index (Phi) is 52.8. The van der Waals surface area contributed by atoms with Crippen LogP contribution in [0.5, 0.6) is 5.75 Å². The molecule has 2 aromatic carbocycles. The predicted molar refractivity (Wildman–Crippen MR) is 285 cm³/mol. The monoisotopic (exact) mass is 957 g/mol. The predicted octanol–water partition coefficient (Wildman–Crippen LogP) is 6.02. The summed E-state index contributed by atoms with van der Waals surface area (Å²) in [6.45, 7) is 32.9. The highest BCUT2D eigenvalue weighted by atomic mass is 16.5. The Bertz CT molecular complexity index is 1740. The van der Waals surface area contributed by atoms with Crippen LogP contribution >= 0.6 is 0 Å². The Morgan fingerprint density at radius 3 is 1.69 bits per heavy atom. The highest BCUT2D eigenvalue weighted by Crippen LogP contribution is 2.28. The molecule has 2 aromatic heterocycles. The molecular formula is C50H92N12O6. The first-order chi connectivity index (χ1) is 33.0. The highest BCUT2D eigenvalue weighted by Gasteiger charge is 2.19. The number of methoxy groups -OCH3 is 1. The number of anilines is 2. The summed E-state index contributed by atoms with van der Waals surface area (Å²) in [4.78, 5) is 47.6. The van der Waals surface area contributed by atoms with E-state index in [0.717, 1.165) is 99.8 Å². The number of hydrogen-bond donors (Lipinski definition) is 8. The lowest BCUT2D eigenvalue weighted by Crippen LogP contribution is -2.45. The van der Waals surface area contributed by atoms with Crippen LogP contribution in [0.25, 0.3) is 11.0 Å². The molecule has 5 rings (SSSR count). The van der Waals surface area contributed by atoms with Gasteiger partial charge in [-0.1, -0.05) is 105 Å². The zero-order valence-electron chi connectivity index (χ0n) is 43.3. The zero-order chi connectivity index (χ0) is 53.3. The molecule has 2 amide bonds. The minimum Gasteiger partial charge on any atom is -0.496 e. The van der Waals surface area contributed by atoms with Crippen molar-refractivity contribution >= 4 is 48.9 Å². The summed E-state index contributed by atoms with van der Waals surface area (Å²) in [5.41, 5.74) is 37.1. The van der Waals surface area contributed by atoms with E-state index < -0.39 is 0 Å². The van der Waals surface area contributed by atoms with Gasteiger partial charge in [-0.3, -0.25) is 24.2 Å². The Hall–Kier alpha value is -5.92. The molecule has 1 atom stereocenters. The van der Waals surface area contributed by atoms with Crippen LogP contribution in [0.15, 0.2) is 67.9 Å². The van der Waals surface area contributed by atoms with Crippen LogP contribution in [0.4, 0.5) is 11.8 Å². The average molecular weight is 957 g/mol. The lowest BCUT2D eigenvalue weighted by molar-refractivity contribution is -0.123. The topological polar surface area (TPSA) is 303 Å². The van der Waals surface area contributed by atoms with E-state index in [1.54, 1.807) is 7.11 Å². The number of fused-ring (bicyclic) bond motifs is 1. The molecule has 1 unspecified atom stereocenters. The number of rotatable bonds is 16.